The fourth-order valence-electron chi connectivity index (χ4n) is 3.44. The van der Waals surface area contributed by atoms with Crippen molar-refractivity contribution in [2.75, 3.05) is 32.7 Å². The lowest BCUT2D eigenvalue weighted by Crippen LogP contribution is -2.30. The topological polar surface area (TPSA) is 15.3 Å². The molecule has 1 N–H and O–H groups in total. The molecule has 2 heteroatoms. The van der Waals surface area contributed by atoms with Gasteiger partial charge in [-0.05, 0) is 49.4 Å². The molecule has 2 aliphatic rings. The van der Waals surface area contributed by atoms with Gasteiger partial charge in [-0.2, -0.15) is 0 Å². The van der Waals surface area contributed by atoms with Gasteiger partial charge in [-0.15, -0.1) is 0 Å². The van der Waals surface area contributed by atoms with Gasteiger partial charge in [0.05, 0.1) is 0 Å². The first-order chi connectivity index (χ1) is 8.83. The molecule has 1 unspecified atom stereocenters. The van der Waals surface area contributed by atoms with Crippen LogP contribution >= 0.6 is 0 Å². The fraction of sp³-hybridized carbons (Fsp3) is 0.625. The molecule has 2 heterocycles. The Bertz CT molecular complexity index is 376. The predicted molar refractivity (Wildman–Crippen MR) is 75.8 cm³/mol. The van der Waals surface area contributed by atoms with Crippen molar-refractivity contribution in [1.82, 2.24) is 10.2 Å². The Kier molecular flexibility index (Phi) is 3.67. The first kappa shape index (κ1) is 12.2. The molecule has 2 nitrogen and oxygen atoms in total. The van der Waals surface area contributed by atoms with Gasteiger partial charge in [0.15, 0.2) is 0 Å². The number of hydrogen-bond acceptors (Lipinski definition) is 2. The van der Waals surface area contributed by atoms with Crippen LogP contribution in [0, 0.1) is 11.8 Å². The van der Waals surface area contributed by atoms with Crippen molar-refractivity contribution >= 4 is 0 Å². The lowest BCUT2D eigenvalue weighted by Gasteiger charge is -2.22. The van der Waals surface area contributed by atoms with Crippen LogP contribution in [0.5, 0.6) is 0 Å². The molecule has 0 spiro atoms. The first-order valence-corrected chi connectivity index (χ1v) is 7.31. The maximum Gasteiger partial charge on any atom is 0.00509 e. The van der Waals surface area contributed by atoms with Crippen LogP contribution in [0.15, 0.2) is 30.3 Å². The van der Waals surface area contributed by atoms with E-state index in [1.165, 1.54) is 44.7 Å². The standard InChI is InChI=1S/C16H24N2/c1-13-9-17-10-16(13)12-18-8-7-15(11-18)14-5-3-2-4-6-14/h2-6,13,15-17H,7-12H2,1H3/t13-,15?,16+/m1/s1. The highest BCUT2D eigenvalue weighted by atomic mass is 15.2. The largest absolute Gasteiger partial charge is 0.316 e. The van der Waals surface area contributed by atoms with Crippen LogP contribution in [-0.2, 0) is 0 Å². The minimum Gasteiger partial charge on any atom is -0.316 e. The highest BCUT2D eigenvalue weighted by molar-refractivity contribution is 5.21. The van der Waals surface area contributed by atoms with Crippen LogP contribution in [0.1, 0.15) is 24.8 Å². The second kappa shape index (κ2) is 5.41. The van der Waals surface area contributed by atoms with Crippen molar-refractivity contribution in [2.45, 2.75) is 19.3 Å². The number of hydrogen-bond donors (Lipinski definition) is 1. The highest BCUT2D eigenvalue weighted by Crippen LogP contribution is 2.28. The van der Waals surface area contributed by atoms with Crippen molar-refractivity contribution in [3.05, 3.63) is 35.9 Å². The van der Waals surface area contributed by atoms with Gasteiger partial charge in [-0.1, -0.05) is 37.3 Å². The average molecular weight is 244 g/mol. The van der Waals surface area contributed by atoms with E-state index in [-0.39, 0.29) is 0 Å². The Balaban J connectivity index is 1.55. The lowest BCUT2D eigenvalue weighted by atomic mass is 9.97. The van der Waals surface area contributed by atoms with E-state index in [2.05, 4.69) is 47.5 Å². The number of rotatable bonds is 3. The molecule has 2 saturated heterocycles. The molecule has 0 aliphatic carbocycles. The van der Waals surface area contributed by atoms with Gasteiger partial charge in [0.2, 0.25) is 0 Å². The van der Waals surface area contributed by atoms with Crippen LogP contribution in [-0.4, -0.2) is 37.6 Å². The molecule has 2 fully saturated rings. The molecule has 0 bridgehead atoms. The fourth-order valence-corrected chi connectivity index (χ4v) is 3.44. The molecule has 0 radical (unpaired) electrons. The molecule has 98 valence electrons. The van der Waals surface area contributed by atoms with Gasteiger partial charge in [0, 0.05) is 13.1 Å². The van der Waals surface area contributed by atoms with Crippen LogP contribution < -0.4 is 5.32 Å². The number of likely N-dealkylation sites (tertiary alicyclic amines) is 1. The zero-order chi connectivity index (χ0) is 12.4. The van der Waals surface area contributed by atoms with Gasteiger partial charge in [0.25, 0.3) is 0 Å². The van der Waals surface area contributed by atoms with E-state index in [0.29, 0.717) is 0 Å². The third-order valence-electron chi connectivity index (χ3n) is 4.71. The molecule has 3 atom stereocenters. The summed E-state index contributed by atoms with van der Waals surface area (Å²) in [5.74, 6) is 2.47. The zero-order valence-corrected chi connectivity index (χ0v) is 11.3. The number of nitrogens with one attached hydrogen (secondary N) is 1. The number of nitrogens with zero attached hydrogens (tertiary/aromatic N) is 1. The Morgan fingerprint density at radius 3 is 2.78 bits per heavy atom. The summed E-state index contributed by atoms with van der Waals surface area (Å²) in [6.45, 7) is 8.64. The van der Waals surface area contributed by atoms with Gasteiger partial charge in [-0.25, -0.2) is 0 Å². The average Bonchev–Trinajstić information content (AvgIpc) is 3.02. The lowest BCUT2D eigenvalue weighted by molar-refractivity contribution is 0.257. The normalized spacial score (nSPS) is 33.1. The van der Waals surface area contributed by atoms with Gasteiger partial charge in [0.1, 0.15) is 0 Å². The molecule has 1 aromatic carbocycles. The molecule has 0 amide bonds. The van der Waals surface area contributed by atoms with Crippen LogP contribution in [0.25, 0.3) is 0 Å². The molecule has 18 heavy (non-hydrogen) atoms. The Morgan fingerprint density at radius 2 is 2.06 bits per heavy atom. The first-order valence-electron chi connectivity index (χ1n) is 7.31. The van der Waals surface area contributed by atoms with Crippen molar-refractivity contribution < 1.29 is 0 Å². The minimum absolute atomic E-state index is 0.760. The third-order valence-corrected chi connectivity index (χ3v) is 4.71. The third kappa shape index (κ3) is 2.60. The van der Waals surface area contributed by atoms with Crippen molar-refractivity contribution in [3.63, 3.8) is 0 Å². The zero-order valence-electron chi connectivity index (χ0n) is 11.3. The molecular weight excluding hydrogens is 220 g/mol. The van der Waals surface area contributed by atoms with E-state index in [4.69, 9.17) is 0 Å². The summed E-state index contributed by atoms with van der Waals surface area (Å²) >= 11 is 0. The summed E-state index contributed by atoms with van der Waals surface area (Å²) in [5, 5.41) is 3.51. The van der Waals surface area contributed by atoms with Crippen LogP contribution in [0.4, 0.5) is 0 Å². The molecule has 0 aromatic heterocycles. The Labute approximate surface area is 110 Å². The summed E-state index contributed by atoms with van der Waals surface area (Å²) < 4.78 is 0. The maximum atomic E-state index is 3.51. The monoisotopic (exact) mass is 244 g/mol. The summed E-state index contributed by atoms with van der Waals surface area (Å²) in [4.78, 5) is 2.67. The van der Waals surface area contributed by atoms with E-state index in [0.717, 1.165) is 17.8 Å². The second-order valence-corrected chi connectivity index (χ2v) is 6.05. The van der Waals surface area contributed by atoms with Gasteiger partial charge >= 0.3 is 0 Å². The molecule has 1 aromatic rings. The summed E-state index contributed by atoms with van der Waals surface area (Å²) in [5.41, 5.74) is 1.53. The van der Waals surface area contributed by atoms with Gasteiger partial charge in [-0.3, -0.25) is 0 Å². The van der Waals surface area contributed by atoms with E-state index in [1.807, 2.05) is 0 Å². The smallest absolute Gasteiger partial charge is 0.00509 e. The second-order valence-electron chi connectivity index (χ2n) is 6.05. The molecule has 0 saturated carbocycles. The van der Waals surface area contributed by atoms with E-state index < -0.39 is 0 Å². The summed E-state index contributed by atoms with van der Waals surface area (Å²) in [7, 11) is 0. The minimum atomic E-state index is 0.760. The van der Waals surface area contributed by atoms with Crippen molar-refractivity contribution in [2.24, 2.45) is 11.8 Å². The molecular formula is C16H24N2. The van der Waals surface area contributed by atoms with Crippen molar-refractivity contribution in [3.8, 4) is 0 Å². The van der Waals surface area contributed by atoms with E-state index in [1.54, 1.807) is 0 Å². The van der Waals surface area contributed by atoms with Gasteiger partial charge < -0.3 is 10.2 Å². The Hall–Kier alpha value is -0.860. The van der Waals surface area contributed by atoms with E-state index in [9.17, 15) is 0 Å². The highest BCUT2D eigenvalue weighted by Gasteiger charge is 2.29. The summed E-state index contributed by atoms with van der Waals surface area (Å²) in [6.07, 6.45) is 1.33. The quantitative estimate of drug-likeness (QED) is 0.878. The molecule has 3 rings (SSSR count). The maximum absolute atomic E-state index is 3.51. The van der Waals surface area contributed by atoms with Crippen LogP contribution in [0.3, 0.4) is 0 Å². The molecule has 2 aliphatic heterocycles. The SMILES string of the molecule is C[C@@H]1CNC[C@H]1CN1CCC(c2ccccc2)C1. The predicted octanol–water partition coefficient (Wildman–Crippen LogP) is 2.33. The summed E-state index contributed by atoms with van der Waals surface area (Å²) in [6, 6.07) is 11.0. The van der Waals surface area contributed by atoms with Crippen LogP contribution in [0.2, 0.25) is 0 Å². The van der Waals surface area contributed by atoms with E-state index >= 15 is 0 Å². The Morgan fingerprint density at radius 1 is 1.22 bits per heavy atom. The van der Waals surface area contributed by atoms with Crippen molar-refractivity contribution in [1.29, 1.82) is 0 Å². The number of benzene rings is 1.